The summed E-state index contributed by atoms with van der Waals surface area (Å²) < 4.78 is 57.5. The molecule has 3 aromatic carbocycles. The molecule has 0 radical (unpaired) electrons. The Kier molecular flexibility index (Phi) is 12.7. The van der Waals surface area contributed by atoms with E-state index in [1.54, 1.807) is 36.4 Å². The van der Waals surface area contributed by atoms with Crippen LogP contribution < -0.4 is 40.0 Å². The van der Waals surface area contributed by atoms with Gasteiger partial charge in [0.25, 0.3) is 15.9 Å². The quantitative estimate of drug-likeness (QED) is 0.109. The van der Waals surface area contributed by atoms with Gasteiger partial charge in [-0.2, -0.15) is 9.97 Å². The Balaban J connectivity index is 1.28. The smallest absolute Gasteiger partial charge is 0.328 e. The summed E-state index contributed by atoms with van der Waals surface area (Å²) in [6.07, 6.45) is 0.236. The molecular formula is C35H40ClN7O9S. The number of aromatic amines is 1. The first kappa shape index (κ1) is 38.7. The number of nitrogens with one attached hydrogen (secondary N) is 2. The van der Waals surface area contributed by atoms with Crippen LogP contribution in [-0.2, 0) is 21.3 Å². The van der Waals surface area contributed by atoms with Gasteiger partial charge in [-0.05, 0) is 55.3 Å². The molecule has 53 heavy (non-hydrogen) atoms. The summed E-state index contributed by atoms with van der Waals surface area (Å²) in [5, 5.41) is 3.09. The van der Waals surface area contributed by atoms with Gasteiger partial charge in [0.2, 0.25) is 0 Å². The zero-order valence-corrected chi connectivity index (χ0v) is 31.1. The average molecular weight is 770 g/mol. The Labute approximate surface area is 310 Å². The number of nitrogens with two attached hydrogens (primary N) is 1. The molecule has 0 unspecified atom stereocenters. The minimum absolute atomic E-state index is 0.00994. The molecule has 282 valence electrons. The van der Waals surface area contributed by atoms with Crippen molar-refractivity contribution in [1.82, 2.24) is 24.8 Å². The van der Waals surface area contributed by atoms with Crippen molar-refractivity contribution in [2.45, 2.75) is 24.8 Å². The lowest BCUT2D eigenvalue weighted by Crippen LogP contribution is -2.35. The van der Waals surface area contributed by atoms with Crippen LogP contribution in [0.1, 0.15) is 29.3 Å². The van der Waals surface area contributed by atoms with Crippen molar-refractivity contribution < 1.29 is 36.9 Å². The summed E-state index contributed by atoms with van der Waals surface area (Å²) in [5.74, 6) is 0.704. The topological polar surface area (TPSA) is 202 Å². The molecule has 2 aromatic heterocycles. The molecule has 0 fully saturated rings. The van der Waals surface area contributed by atoms with Crippen LogP contribution in [0.3, 0.4) is 0 Å². The number of carbonyl (C=O) groups is 1. The van der Waals surface area contributed by atoms with Gasteiger partial charge in [-0.25, -0.2) is 13.2 Å². The number of carbonyl (C=O) groups excluding carboxylic acids is 1. The number of amides is 1. The van der Waals surface area contributed by atoms with Crippen LogP contribution in [0.5, 0.6) is 23.3 Å². The fourth-order valence-corrected chi connectivity index (χ4v) is 7.08. The molecule has 0 aliphatic rings. The lowest BCUT2D eigenvalue weighted by Gasteiger charge is -2.27. The molecular weight excluding hydrogens is 730 g/mol. The van der Waals surface area contributed by atoms with Gasteiger partial charge in [0.15, 0.2) is 11.5 Å². The van der Waals surface area contributed by atoms with E-state index >= 15 is 0 Å². The first-order valence-corrected chi connectivity index (χ1v) is 18.2. The van der Waals surface area contributed by atoms with Gasteiger partial charge in [-0.1, -0.05) is 23.7 Å². The molecule has 16 nitrogen and oxygen atoms in total. The van der Waals surface area contributed by atoms with E-state index in [2.05, 4.69) is 20.3 Å². The molecule has 5 rings (SSSR count). The van der Waals surface area contributed by atoms with Crippen molar-refractivity contribution in [2.24, 2.45) is 0 Å². The lowest BCUT2D eigenvalue weighted by molar-refractivity contribution is 0.0953. The van der Waals surface area contributed by atoms with Crippen LogP contribution in [0.25, 0.3) is 11.2 Å². The van der Waals surface area contributed by atoms with Crippen LogP contribution in [-0.4, -0.2) is 88.1 Å². The number of nitrogens with zero attached hydrogens (tertiary/aromatic N) is 4. The highest BCUT2D eigenvalue weighted by Gasteiger charge is 2.29. The van der Waals surface area contributed by atoms with Crippen molar-refractivity contribution in [1.29, 1.82) is 0 Å². The highest BCUT2D eigenvalue weighted by Crippen LogP contribution is 2.40. The number of imidazole rings is 1. The van der Waals surface area contributed by atoms with Crippen molar-refractivity contribution >= 4 is 50.2 Å². The van der Waals surface area contributed by atoms with Crippen molar-refractivity contribution in [3.63, 3.8) is 0 Å². The van der Waals surface area contributed by atoms with Crippen molar-refractivity contribution in [2.75, 3.05) is 64.3 Å². The largest absolute Gasteiger partial charge is 0.495 e. The number of H-pyrrole nitrogens is 1. The normalized spacial score (nSPS) is 11.3. The van der Waals surface area contributed by atoms with Gasteiger partial charge < -0.3 is 39.7 Å². The number of nitrogen functional groups attached to an aromatic ring is 1. The minimum Gasteiger partial charge on any atom is -0.495 e. The van der Waals surface area contributed by atoms with E-state index in [4.69, 9.17) is 41.0 Å². The predicted octanol–water partition coefficient (Wildman–Crippen LogP) is 3.86. The summed E-state index contributed by atoms with van der Waals surface area (Å²) in [7, 11) is 0.243. The van der Waals surface area contributed by atoms with E-state index in [9.17, 15) is 18.0 Å². The second-order valence-corrected chi connectivity index (χ2v) is 13.7. The number of ether oxygens (including phenoxy) is 5. The predicted molar refractivity (Wildman–Crippen MR) is 199 cm³/mol. The van der Waals surface area contributed by atoms with Crippen molar-refractivity contribution in [3.8, 4) is 23.3 Å². The third-order valence-corrected chi connectivity index (χ3v) is 10.1. The maximum absolute atomic E-state index is 14.1. The van der Waals surface area contributed by atoms with Gasteiger partial charge in [-0.3, -0.25) is 13.7 Å². The molecule has 0 spiro atoms. The number of methoxy groups -OCH3 is 3. The third kappa shape index (κ3) is 8.93. The summed E-state index contributed by atoms with van der Waals surface area (Å²) >= 11 is 6.32. The first-order valence-electron chi connectivity index (χ1n) is 16.4. The maximum Gasteiger partial charge on any atom is 0.328 e. The Morgan fingerprint density at radius 2 is 1.70 bits per heavy atom. The van der Waals surface area contributed by atoms with Gasteiger partial charge >= 0.3 is 11.7 Å². The summed E-state index contributed by atoms with van der Waals surface area (Å²) in [4.78, 5) is 37.0. The number of rotatable bonds is 18. The Morgan fingerprint density at radius 1 is 0.981 bits per heavy atom. The number of sulfonamides is 1. The molecule has 5 aromatic rings. The number of aromatic nitrogens is 4. The third-order valence-electron chi connectivity index (χ3n) is 7.97. The lowest BCUT2D eigenvalue weighted by atomic mass is 10.1. The molecule has 0 saturated carbocycles. The van der Waals surface area contributed by atoms with Crippen LogP contribution in [0.4, 0.5) is 11.5 Å². The second-order valence-electron chi connectivity index (χ2n) is 11.4. The first-order chi connectivity index (χ1) is 25.5. The van der Waals surface area contributed by atoms with E-state index < -0.39 is 15.7 Å². The van der Waals surface area contributed by atoms with Crippen LogP contribution in [0.15, 0.2) is 70.4 Å². The highest BCUT2D eigenvalue weighted by molar-refractivity contribution is 7.92. The molecule has 1 amide bonds. The molecule has 0 atom stereocenters. The Morgan fingerprint density at radius 3 is 2.36 bits per heavy atom. The molecule has 0 bridgehead atoms. The molecule has 0 aliphatic heterocycles. The van der Waals surface area contributed by atoms with Gasteiger partial charge in [0, 0.05) is 37.9 Å². The fourth-order valence-electron chi connectivity index (χ4n) is 5.34. The molecule has 18 heteroatoms. The number of anilines is 2. The summed E-state index contributed by atoms with van der Waals surface area (Å²) in [6, 6.07) is 15.8. The second kappa shape index (κ2) is 17.3. The zero-order chi connectivity index (χ0) is 38.1. The monoisotopic (exact) mass is 769 g/mol. The maximum atomic E-state index is 14.1. The standard InChI is InChI=1S/C35H40ClN7O9S/c1-5-51-24-11-13-25(14-12-24)53(46,47)43(27-20-28(49-3)26(36)19-29(27)50-4)16-6-15-38-33(44)23-9-7-22(8-10-23)21-42-32-30(39-35(42)45)31(37)40-34(41-32)52-18-17-48-2/h7-14,19-20H,5-6,15-18,21H2,1-4H3,(H,38,44)(H,39,45)(H2,37,40,41). The average Bonchev–Trinajstić information content (AvgIpc) is 3.46. The molecule has 0 saturated heterocycles. The van der Waals surface area contributed by atoms with E-state index in [0.29, 0.717) is 30.1 Å². The van der Waals surface area contributed by atoms with Gasteiger partial charge in [-0.15, -0.1) is 0 Å². The van der Waals surface area contributed by atoms with Crippen LogP contribution in [0, 0.1) is 0 Å². The SMILES string of the molecule is CCOc1ccc(S(=O)(=O)N(CCCNC(=O)c2ccc(Cn3c(=O)[nH]c4c(N)nc(OCCOC)nc43)cc2)c2cc(OC)c(Cl)cc2OC)cc1. The van der Waals surface area contributed by atoms with Crippen LogP contribution >= 0.6 is 11.6 Å². The van der Waals surface area contributed by atoms with E-state index in [-0.39, 0.29) is 88.7 Å². The number of fused-ring (bicyclic) bond motifs is 1. The van der Waals surface area contributed by atoms with Crippen LogP contribution in [0.2, 0.25) is 5.02 Å². The van der Waals surface area contributed by atoms with E-state index in [0.717, 1.165) is 0 Å². The van der Waals surface area contributed by atoms with Gasteiger partial charge in [0.1, 0.15) is 29.4 Å². The minimum atomic E-state index is -4.13. The van der Waals surface area contributed by atoms with Gasteiger partial charge in [0.05, 0.1) is 49.6 Å². The van der Waals surface area contributed by atoms with E-state index in [1.165, 1.54) is 54.5 Å². The fraction of sp³-hybridized carbons (Fsp3) is 0.314. The van der Waals surface area contributed by atoms with E-state index in [1.807, 2.05) is 6.92 Å². The number of benzene rings is 3. The highest BCUT2D eigenvalue weighted by atomic mass is 35.5. The number of hydrogen-bond donors (Lipinski definition) is 3. The Hall–Kier alpha value is -5.52. The summed E-state index contributed by atoms with van der Waals surface area (Å²) in [6.45, 7) is 3.04. The summed E-state index contributed by atoms with van der Waals surface area (Å²) in [5.41, 5.74) is 7.44. The zero-order valence-electron chi connectivity index (χ0n) is 29.5. The van der Waals surface area contributed by atoms with Crippen molar-refractivity contribution in [3.05, 3.63) is 87.3 Å². The molecule has 2 heterocycles. The number of hydrogen-bond acceptors (Lipinski definition) is 12. The molecule has 0 aliphatic carbocycles. The molecule has 4 N–H and O–H groups in total. The Bertz CT molecular complexity index is 2210. The number of halogens is 1.